The summed E-state index contributed by atoms with van der Waals surface area (Å²) in [4.78, 5) is 11.8. The average molecular weight is 264 g/mol. The van der Waals surface area contributed by atoms with Crippen molar-refractivity contribution in [2.45, 2.75) is 25.9 Å². The predicted octanol–water partition coefficient (Wildman–Crippen LogP) is 1.71. The van der Waals surface area contributed by atoms with Gasteiger partial charge >= 0.3 is 0 Å². The smallest absolute Gasteiger partial charge is 0.224 e. The van der Waals surface area contributed by atoms with Gasteiger partial charge in [0.05, 0.1) is 13.2 Å². The number of hydrogen-bond donors (Lipinski definition) is 2. The molecule has 0 atom stereocenters. The van der Waals surface area contributed by atoms with Gasteiger partial charge in [-0.25, -0.2) is 0 Å². The van der Waals surface area contributed by atoms with Crippen molar-refractivity contribution in [2.24, 2.45) is 0 Å². The predicted molar refractivity (Wildman–Crippen MR) is 74.0 cm³/mol. The lowest BCUT2D eigenvalue weighted by molar-refractivity contribution is -0.131. The minimum Gasteiger partial charge on any atom is -0.399 e. The molecule has 3 N–H and O–H groups in total. The molecule has 1 aromatic rings. The molecule has 0 bridgehead atoms. The molecule has 5 heteroatoms. The normalized spacial score (nSPS) is 15.0. The molecule has 0 aromatic heterocycles. The van der Waals surface area contributed by atoms with E-state index in [-0.39, 0.29) is 12.0 Å². The third kappa shape index (κ3) is 4.22. The van der Waals surface area contributed by atoms with Crippen molar-refractivity contribution in [3.05, 3.63) is 23.8 Å². The van der Waals surface area contributed by atoms with Crippen LogP contribution in [0.4, 0.5) is 11.4 Å². The van der Waals surface area contributed by atoms with E-state index in [0.717, 1.165) is 17.7 Å². The first-order valence-electron chi connectivity index (χ1n) is 6.50. The van der Waals surface area contributed by atoms with Gasteiger partial charge in [0.25, 0.3) is 0 Å². The number of carbonyl (C=O) groups is 1. The van der Waals surface area contributed by atoms with Crippen LogP contribution >= 0.6 is 0 Å². The highest BCUT2D eigenvalue weighted by Gasteiger charge is 2.18. The number of ether oxygens (including phenoxy) is 2. The van der Waals surface area contributed by atoms with E-state index in [9.17, 15) is 4.79 Å². The summed E-state index contributed by atoms with van der Waals surface area (Å²) in [5, 5.41) is 2.88. The Morgan fingerprint density at radius 1 is 1.53 bits per heavy atom. The van der Waals surface area contributed by atoms with E-state index in [0.29, 0.717) is 31.9 Å². The molecule has 5 nitrogen and oxygen atoms in total. The van der Waals surface area contributed by atoms with Crippen LogP contribution in [0.1, 0.15) is 18.4 Å². The first-order valence-corrected chi connectivity index (χ1v) is 6.50. The van der Waals surface area contributed by atoms with Crippen LogP contribution in [0.25, 0.3) is 0 Å². The standard InChI is InChI=1S/C14H20N2O3/c1-10-7-11(15)4-5-13(10)16-14(17)3-2-6-19-12-8-18-9-12/h4-5,7,12H,2-3,6,8-9,15H2,1H3,(H,16,17). The summed E-state index contributed by atoms with van der Waals surface area (Å²) >= 11 is 0. The van der Waals surface area contributed by atoms with Crippen LogP contribution in [-0.2, 0) is 14.3 Å². The fraction of sp³-hybridized carbons (Fsp3) is 0.500. The van der Waals surface area contributed by atoms with Crippen molar-refractivity contribution in [3.8, 4) is 0 Å². The van der Waals surface area contributed by atoms with Gasteiger partial charge in [-0.05, 0) is 37.1 Å². The lowest BCUT2D eigenvalue weighted by atomic mass is 10.1. The van der Waals surface area contributed by atoms with Crippen molar-refractivity contribution >= 4 is 17.3 Å². The highest BCUT2D eigenvalue weighted by atomic mass is 16.6. The molecule has 19 heavy (non-hydrogen) atoms. The van der Waals surface area contributed by atoms with Gasteiger partial charge in [0.1, 0.15) is 6.10 Å². The van der Waals surface area contributed by atoms with Gasteiger partial charge in [-0.1, -0.05) is 0 Å². The second kappa shape index (κ2) is 6.54. The summed E-state index contributed by atoms with van der Waals surface area (Å²) in [5.74, 6) is 0.00123. The zero-order valence-corrected chi connectivity index (χ0v) is 11.1. The fourth-order valence-electron chi connectivity index (χ4n) is 1.83. The van der Waals surface area contributed by atoms with Gasteiger partial charge in [-0.2, -0.15) is 0 Å². The van der Waals surface area contributed by atoms with Gasteiger partial charge in [-0.15, -0.1) is 0 Å². The Kier molecular flexibility index (Phi) is 4.76. The number of benzene rings is 1. The Morgan fingerprint density at radius 3 is 2.95 bits per heavy atom. The second-order valence-electron chi connectivity index (χ2n) is 4.76. The first-order chi connectivity index (χ1) is 9.15. The quantitative estimate of drug-likeness (QED) is 0.606. The monoisotopic (exact) mass is 264 g/mol. The summed E-state index contributed by atoms with van der Waals surface area (Å²) in [7, 11) is 0. The van der Waals surface area contributed by atoms with Crippen LogP contribution in [0.5, 0.6) is 0 Å². The molecule has 104 valence electrons. The van der Waals surface area contributed by atoms with Crippen LogP contribution < -0.4 is 11.1 Å². The molecule has 2 rings (SSSR count). The SMILES string of the molecule is Cc1cc(N)ccc1NC(=O)CCCOC1COC1. The minimum absolute atomic E-state index is 0.00123. The molecule has 1 fully saturated rings. The molecule has 1 aromatic carbocycles. The van der Waals surface area contributed by atoms with E-state index in [4.69, 9.17) is 15.2 Å². The van der Waals surface area contributed by atoms with Crippen LogP contribution in [-0.4, -0.2) is 31.8 Å². The zero-order chi connectivity index (χ0) is 13.7. The number of nitrogens with two attached hydrogens (primary N) is 1. The zero-order valence-electron chi connectivity index (χ0n) is 11.1. The average Bonchev–Trinajstić information content (AvgIpc) is 2.30. The van der Waals surface area contributed by atoms with E-state index >= 15 is 0 Å². The van der Waals surface area contributed by atoms with Crippen LogP contribution in [0.15, 0.2) is 18.2 Å². The number of amides is 1. The minimum atomic E-state index is 0.00123. The van der Waals surface area contributed by atoms with E-state index < -0.39 is 0 Å². The molecular formula is C14H20N2O3. The molecular weight excluding hydrogens is 244 g/mol. The number of carbonyl (C=O) groups excluding carboxylic acids is 1. The van der Waals surface area contributed by atoms with Crippen molar-refractivity contribution in [3.63, 3.8) is 0 Å². The maximum atomic E-state index is 11.8. The van der Waals surface area contributed by atoms with Crippen LogP contribution in [0, 0.1) is 6.92 Å². The molecule has 1 aliphatic heterocycles. The highest BCUT2D eigenvalue weighted by Crippen LogP contribution is 2.18. The number of rotatable bonds is 6. The summed E-state index contributed by atoms with van der Waals surface area (Å²) < 4.78 is 10.5. The molecule has 1 saturated heterocycles. The molecule has 0 saturated carbocycles. The maximum Gasteiger partial charge on any atom is 0.224 e. The van der Waals surface area contributed by atoms with Crippen molar-refractivity contribution in [1.29, 1.82) is 0 Å². The maximum absolute atomic E-state index is 11.8. The number of nitrogens with one attached hydrogen (secondary N) is 1. The third-order valence-electron chi connectivity index (χ3n) is 3.03. The fourth-order valence-corrected chi connectivity index (χ4v) is 1.83. The summed E-state index contributed by atoms with van der Waals surface area (Å²) in [6, 6.07) is 5.45. The number of anilines is 2. The van der Waals surface area contributed by atoms with E-state index in [1.165, 1.54) is 0 Å². The molecule has 0 radical (unpaired) electrons. The van der Waals surface area contributed by atoms with Gasteiger partial charge in [0.15, 0.2) is 0 Å². The first kappa shape index (κ1) is 13.8. The number of nitrogen functional groups attached to an aromatic ring is 1. The highest BCUT2D eigenvalue weighted by molar-refractivity contribution is 5.91. The summed E-state index contributed by atoms with van der Waals surface area (Å²) in [6.07, 6.45) is 1.40. The van der Waals surface area contributed by atoms with Crippen LogP contribution in [0.3, 0.4) is 0 Å². The van der Waals surface area contributed by atoms with E-state index in [2.05, 4.69) is 5.32 Å². The lowest BCUT2D eigenvalue weighted by Crippen LogP contribution is -2.36. The molecule has 0 aliphatic carbocycles. The van der Waals surface area contributed by atoms with Gasteiger partial charge in [0.2, 0.25) is 5.91 Å². The van der Waals surface area contributed by atoms with Gasteiger partial charge < -0.3 is 20.5 Å². The van der Waals surface area contributed by atoms with Crippen molar-refractivity contribution < 1.29 is 14.3 Å². The Bertz CT molecular complexity index is 444. The topological polar surface area (TPSA) is 73.6 Å². The van der Waals surface area contributed by atoms with Gasteiger partial charge in [-0.3, -0.25) is 4.79 Å². The molecule has 1 aliphatic rings. The molecule has 1 heterocycles. The number of hydrogen-bond acceptors (Lipinski definition) is 4. The van der Waals surface area contributed by atoms with Gasteiger partial charge in [0, 0.05) is 24.4 Å². The van der Waals surface area contributed by atoms with Crippen LogP contribution in [0.2, 0.25) is 0 Å². The largest absolute Gasteiger partial charge is 0.399 e. The van der Waals surface area contributed by atoms with E-state index in [1.807, 2.05) is 19.1 Å². The summed E-state index contributed by atoms with van der Waals surface area (Å²) in [6.45, 7) is 3.88. The Labute approximate surface area is 113 Å². The summed E-state index contributed by atoms with van der Waals surface area (Å²) in [5.41, 5.74) is 8.15. The Hall–Kier alpha value is -1.59. The Morgan fingerprint density at radius 2 is 2.32 bits per heavy atom. The van der Waals surface area contributed by atoms with E-state index in [1.54, 1.807) is 6.07 Å². The molecule has 0 spiro atoms. The van der Waals surface area contributed by atoms with Crippen molar-refractivity contribution in [2.75, 3.05) is 30.9 Å². The Balaban J connectivity index is 1.68. The second-order valence-corrected chi connectivity index (χ2v) is 4.76. The third-order valence-corrected chi connectivity index (χ3v) is 3.03. The molecule has 0 unspecified atom stereocenters. The lowest BCUT2D eigenvalue weighted by Gasteiger charge is -2.25. The molecule has 1 amide bonds. The number of aryl methyl sites for hydroxylation is 1. The van der Waals surface area contributed by atoms with Crippen molar-refractivity contribution in [1.82, 2.24) is 0 Å².